The first kappa shape index (κ1) is 14.7. The van der Waals surface area contributed by atoms with Crippen LogP contribution in [-0.2, 0) is 0 Å². The van der Waals surface area contributed by atoms with Crippen LogP contribution in [0, 0.1) is 21.8 Å². The average molecular weight is 276 g/mol. The zero-order chi connectivity index (χ0) is 12.3. The van der Waals surface area contributed by atoms with Crippen LogP contribution in [0.1, 0.15) is 6.42 Å². The summed E-state index contributed by atoms with van der Waals surface area (Å²) in [5.74, 6) is -0.121. The Kier molecular flexibility index (Phi) is 5.30. The van der Waals surface area contributed by atoms with Gasteiger partial charge < -0.3 is 10.6 Å². The largest absolute Gasteiger partial charge is 0.379 e. The third-order valence-electron chi connectivity index (χ3n) is 2.90. The van der Waals surface area contributed by atoms with Gasteiger partial charge in [0.05, 0.1) is 11.0 Å². The van der Waals surface area contributed by atoms with Gasteiger partial charge in [-0.25, -0.2) is 4.39 Å². The van der Waals surface area contributed by atoms with Crippen molar-refractivity contribution < 1.29 is 9.31 Å². The van der Waals surface area contributed by atoms with Gasteiger partial charge in [-0.3, -0.25) is 10.1 Å². The van der Waals surface area contributed by atoms with E-state index < -0.39 is 10.7 Å². The van der Waals surface area contributed by atoms with Gasteiger partial charge in [0.2, 0.25) is 0 Å². The Hall–Kier alpha value is -1.40. The smallest absolute Gasteiger partial charge is 0.295 e. The summed E-state index contributed by atoms with van der Waals surface area (Å²) in [6, 6.07) is 3.58. The fraction of sp³-hybridized carbons (Fsp3) is 0.455. The molecule has 1 aromatic rings. The van der Waals surface area contributed by atoms with Crippen LogP contribution in [0.15, 0.2) is 18.2 Å². The quantitative estimate of drug-likeness (QED) is 0.653. The molecule has 0 aliphatic carbocycles. The number of rotatable bonds is 4. The first-order chi connectivity index (χ1) is 8.16. The van der Waals surface area contributed by atoms with Gasteiger partial charge in [0, 0.05) is 6.54 Å². The summed E-state index contributed by atoms with van der Waals surface area (Å²) in [5.41, 5.74) is 0.166. The van der Waals surface area contributed by atoms with Crippen molar-refractivity contribution in [3.05, 3.63) is 34.1 Å². The number of nitro groups is 1. The lowest BCUT2D eigenvalue weighted by Crippen LogP contribution is -2.17. The van der Waals surface area contributed by atoms with Crippen molar-refractivity contribution in [1.29, 1.82) is 0 Å². The molecule has 1 heterocycles. The lowest BCUT2D eigenvalue weighted by Gasteiger charge is -2.11. The van der Waals surface area contributed by atoms with E-state index >= 15 is 0 Å². The molecule has 0 spiro atoms. The van der Waals surface area contributed by atoms with Gasteiger partial charge in [0.25, 0.3) is 5.69 Å². The molecule has 1 fully saturated rings. The van der Waals surface area contributed by atoms with Crippen molar-refractivity contribution in [2.45, 2.75) is 6.42 Å². The predicted octanol–water partition coefficient (Wildman–Crippen LogP) is 2.18. The maximum atomic E-state index is 12.9. The zero-order valence-corrected chi connectivity index (χ0v) is 10.5. The SMILES string of the molecule is Cl.O=[N+]([O-])c1cc(F)ccc1NC[C@@H]1CCNC1. The fourth-order valence-electron chi connectivity index (χ4n) is 1.95. The summed E-state index contributed by atoms with van der Waals surface area (Å²) in [7, 11) is 0. The molecule has 18 heavy (non-hydrogen) atoms. The second-order valence-corrected chi connectivity index (χ2v) is 4.16. The van der Waals surface area contributed by atoms with Gasteiger partial charge in [0.1, 0.15) is 11.5 Å². The highest BCUT2D eigenvalue weighted by molar-refractivity contribution is 5.85. The minimum Gasteiger partial charge on any atom is -0.379 e. The van der Waals surface area contributed by atoms with Crippen LogP contribution < -0.4 is 10.6 Å². The molecule has 0 saturated carbocycles. The molecule has 1 aromatic carbocycles. The van der Waals surface area contributed by atoms with E-state index in [2.05, 4.69) is 10.6 Å². The number of benzene rings is 1. The van der Waals surface area contributed by atoms with E-state index in [1.807, 2.05) is 0 Å². The van der Waals surface area contributed by atoms with E-state index in [1.54, 1.807) is 0 Å². The highest BCUT2D eigenvalue weighted by Gasteiger charge is 2.18. The van der Waals surface area contributed by atoms with Gasteiger partial charge in [0.15, 0.2) is 0 Å². The molecule has 1 aliphatic heterocycles. The molecule has 7 heteroatoms. The second-order valence-electron chi connectivity index (χ2n) is 4.16. The summed E-state index contributed by atoms with van der Waals surface area (Å²) in [4.78, 5) is 10.2. The molecule has 0 unspecified atom stereocenters. The fourth-order valence-corrected chi connectivity index (χ4v) is 1.95. The molecular weight excluding hydrogens is 261 g/mol. The van der Waals surface area contributed by atoms with Crippen molar-refractivity contribution in [3.63, 3.8) is 0 Å². The minimum absolute atomic E-state index is 0. The molecule has 100 valence electrons. The van der Waals surface area contributed by atoms with Crippen molar-refractivity contribution in [2.24, 2.45) is 5.92 Å². The summed E-state index contributed by atoms with van der Waals surface area (Å²) in [5, 5.41) is 17.0. The van der Waals surface area contributed by atoms with Crippen LogP contribution in [0.3, 0.4) is 0 Å². The Bertz CT molecular complexity index is 425. The number of halogens is 2. The van der Waals surface area contributed by atoms with E-state index in [1.165, 1.54) is 12.1 Å². The maximum absolute atomic E-state index is 12.9. The van der Waals surface area contributed by atoms with Gasteiger partial charge in [-0.2, -0.15) is 0 Å². The van der Waals surface area contributed by atoms with Crippen LogP contribution in [-0.4, -0.2) is 24.6 Å². The van der Waals surface area contributed by atoms with Crippen LogP contribution >= 0.6 is 12.4 Å². The highest BCUT2D eigenvalue weighted by atomic mass is 35.5. The minimum atomic E-state index is -0.593. The molecule has 0 amide bonds. The standard InChI is InChI=1S/C11H14FN3O2.ClH/c12-9-1-2-10(11(5-9)15(16)17)14-7-8-3-4-13-6-8;/h1-2,5,8,13-14H,3-4,6-7H2;1H/t8-;/m1./s1. The summed E-state index contributed by atoms with van der Waals surface area (Å²) < 4.78 is 12.9. The normalized spacial score (nSPS) is 18.2. The molecule has 5 nitrogen and oxygen atoms in total. The Morgan fingerprint density at radius 3 is 2.94 bits per heavy atom. The first-order valence-electron chi connectivity index (χ1n) is 5.55. The second kappa shape index (κ2) is 6.51. The van der Waals surface area contributed by atoms with Crippen molar-refractivity contribution in [1.82, 2.24) is 5.32 Å². The predicted molar refractivity (Wildman–Crippen MR) is 69.8 cm³/mol. The lowest BCUT2D eigenvalue weighted by molar-refractivity contribution is -0.384. The van der Waals surface area contributed by atoms with Crippen LogP contribution in [0.25, 0.3) is 0 Å². The molecule has 1 aliphatic rings. The molecule has 1 saturated heterocycles. The van der Waals surface area contributed by atoms with E-state index in [-0.39, 0.29) is 18.1 Å². The number of nitro benzene ring substituents is 1. The first-order valence-corrected chi connectivity index (χ1v) is 5.55. The van der Waals surface area contributed by atoms with Crippen LogP contribution in [0.5, 0.6) is 0 Å². The molecule has 2 rings (SSSR count). The van der Waals surface area contributed by atoms with Gasteiger partial charge in [-0.1, -0.05) is 0 Å². The highest BCUT2D eigenvalue weighted by Crippen LogP contribution is 2.25. The summed E-state index contributed by atoms with van der Waals surface area (Å²) in [6.07, 6.45) is 1.06. The Labute approximate surface area is 110 Å². The van der Waals surface area contributed by atoms with Crippen LogP contribution in [0.2, 0.25) is 0 Å². The van der Waals surface area contributed by atoms with Gasteiger partial charge in [-0.15, -0.1) is 12.4 Å². The van der Waals surface area contributed by atoms with Gasteiger partial charge >= 0.3 is 0 Å². The molecule has 1 atom stereocenters. The third kappa shape index (κ3) is 3.54. The Morgan fingerprint density at radius 1 is 1.56 bits per heavy atom. The van der Waals surface area contributed by atoms with Crippen LogP contribution in [0.4, 0.5) is 15.8 Å². The topological polar surface area (TPSA) is 67.2 Å². The monoisotopic (exact) mass is 275 g/mol. The lowest BCUT2D eigenvalue weighted by atomic mass is 10.1. The van der Waals surface area contributed by atoms with Gasteiger partial charge in [-0.05, 0) is 37.6 Å². The molecule has 2 N–H and O–H groups in total. The van der Waals surface area contributed by atoms with E-state index in [9.17, 15) is 14.5 Å². The van der Waals surface area contributed by atoms with Crippen molar-refractivity contribution >= 4 is 23.8 Å². The molecule has 0 aromatic heterocycles. The maximum Gasteiger partial charge on any atom is 0.295 e. The molecular formula is C11H15ClFN3O2. The number of hydrogen-bond donors (Lipinski definition) is 2. The van der Waals surface area contributed by atoms with E-state index in [4.69, 9.17) is 0 Å². The number of hydrogen-bond acceptors (Lipinski definition) is 4. The third-order valence-corrected chi connectivity index (χ3v) is 2.90. The Balaban J connectivity index is 0.00000162. The van der Waals surface area contributed by atoms with E-state index in [0.717, 1.165) is 25.6 Å². The number of anilines is 1. The number of nitrogens with one attached hydrogen (secondary N) is 2. The summed E-state index contributed by atoms with van der Waals surface area (Å²) in [6.45, 7) is 2.57. The van der Waals surface area contributed by atoms with Crippen molar-refractivity contribution in [2.75, 3.05) is 25.0 Å². The average Bonchev–Trinajstić information content (AvgIpc) is 2.80. The molecule has 0 radical (unpaired) electrons. The van der Waals surface area contributed by atoms with E-state index in [0.29, 0.717) is 18.2 Å². The Morgan fingerprint density at radius 2 is 2.33 bits per heavy atom. The number of nitrogens with zero attached hydrogens (tertiary/aromatic N) is 1. The zero-order valence-electron chi connectivity index (χ0n) is 9.69. The summed E-state index contributed by atoms with van der Waals surface area (Å²) >= 11 is 0. The molecule has 0 bridgehead atoms. The van der Waals surface area contributed by atoms with Crippen molar-refractivity contribution in [3.8, 4) is 0 Å².